The molecule has 0 unspecified atom stereocenters. The summed E-state index contributed by atoms with van der Waals surface area (Å²) >= 11 is 0. The summed E-state index contributed by atoms with van der Waals surface area (Å²) in [7, 11) is 1.73. The van der Waals surface area contributed by atoms with Crippen molar-refractivity contribution in [3.05, 3.63) is 71.0 Å². The lowest BCUT2D eigenvalue weighted by atomic mass is 10.0. The van der Waals surface area contributed by atoms with E-state index < -0.39 is 11.9 Å². The fraction of sp³-hybridized carbons (Fsp3) is 0.308. The molecule has 4 aromatic rings. The molecule has 2 amide bonds. The summed E-state index contributed by atoms with van der Waals surface area (Å²) in [6.45, 7) is 4.60. The average molecular weight is 516 g/mol. The van der Waals surface area contributed by atoms with Crippen LogP contribution >= 0.6 is 0 Å². The van der Waals surface area contributed by atoms with Crippen LogP contribution < -0.4 is 21.5 Å². The molecule has 0 aliphatic carbocycles. The topological polar surface area (TPSA) is 139 Å². The van der Waals surface area contributed by atoms with Gasteiger partial charge in [-0.1, -0.05) is 6.07 Å². The number of nitrogens with zero attached hydrogens (tertiary/aromatic N) is 6. The molecule has 1 aliphatic heterocycles. The van der Waals surface area contributed by atoms with Gasteiger partial charge in [-0.05, 0) is 51.0 Å². The molecular weight excluding hydrogens is 486 g/mol. The minimum atomic E-state index is -0.608. The van der Waals surface area contributed by atoms with Crippen LogP contribution in [0.5, 0.6) is 0 Å². The van der Waals surface area contributed by atoms with Gasteiger partial charge in [-0.15, -0.1) is 5.10 Å². The van der Waals surface area contributed by atoms with Crippen molar-refractivity contribution in [1.29, 1.82) is 0 Å². The summed E-state index contributed by atoms with van der Waals surface area (Å²) in [5.74, 6) is 0.269. The van der Waals surface area contributed by atoms with E-state index in [0.29, 0.717) is 35.9 Å². The van der Waals surface area contributed by atoms with Crippen molar-refractivity contribution in [2.75, 3.05) is 24.2 Å². The van der Waals surface area contributed by atoms with Crippen LogP contribution in [-0.2, 0) is 4.79 Å². The van der Waals surface area contributed by atoms with E-state index in [-0.39, 0.29) is 28.9 Å². The molecule has 1 saturated heterocycles. The molecule has 0 saturated carbocycles. The number of carbonyl (C=O) groups excluding carboxylic acids is 2. The second kappa shape index (κ2) is 10.3. The van der Waals surface area contributed by atoms with Crippen LogP contribution in [-0.4, -0.2) is 66.5 Å². The highest BCUT2D eigenvalue weighted by atomic mass is 16.2. The lowest BCUT2D eigenvalue weighted by molar-refractivity contribution is -0.137. The maximum atomic E-state index is 13.3. The monoisotopic (exact) mass is 515 g/mol. The highest BCUT2D eigenvalue weighted by molar-refractivity contribution is 5.97. The summed E-state index contributed by atoms with van der Waals surface area (Å²) in [6, 6.07) is 9.84. The maximum absolute atomic E-state index is 13.3. The molecule has 1 aliphatic rings. The molecule has 0 spiro atoms. The Morgan fingerprint density at radius 3 is 2.68 bits per heavy atom. The number of anilines is 3. The van der Waals surface area contributed by atoms with Crippen LogP contribution in [0.2, 0.25) is 0 Å². The van der Waals surface area contributed by atoms with Gasteiger partial charge in [0.15, 0.2) is 17.2 Å². The third-order valence-electron chi connectivity index (χ3n) is 6.48. The quantitative estimate of drug-likeness (QED) is 0.341. The predicted octanol–water partition coefficient (Wildman–Crippen LogP) is 2.19. The molecule has 196 valence electrons. The smallest absolute Gasteiger partial charge is 0.279 e. The summed E-state index contributed by atoms with van der Waals surface area (Å²) < 4.78 is 2.83. The number of carbonyl (C=O) groups is 2. The van der Waals surface area contributed by atoms with E-state index in [2.05, 4.69) is 31.0 Å². The number of aromatic nitrogens is 5. The van der Waals surface area contributed by atoms with Gasteiger partial charge >= 0.3 is 0 Å². The van der Waals surface area contributed by atoms with E-state index in [0.717, 1.165) is 6.42 Å². The van der Waals surface area contributed by atoms with Crippen molar-refractivity contribution in [3.8, 4) is 5.82 Å². The van der Waals surface area contributed by atoms with E-state index in [9.17, 15) is 14.4 Å². The van der Waals surface area contributed by atoms with Gasteiger partial charge in [0.1, 0.15) is 17.5 Å². The first-order chi connectivity index (χ1) is 18.4. The summed E-state index contributed by atoms with van der Waals surface area (Å²) in [5, 5.41) is 13.5. The summed E-state index contributed by atoms with van der Waals surface area (Å²) in [4.78, 5) is 49.7. The number of pyridine rings is 2. The van der Waals surface area contributed by atoms with Crippen molar-refractivity contribution in [3.63, 3.8) is 0 Å². The number of hydrogen-bond donors (Lipinski definition) is 3. The van der Waals surface area contributed by atoms with Gasteiger partial charge in [0.05, 0.1) is 11.9 Å². The minimum Gasteiger partial charge on any atom is -0.385 e. The van der Waals surface area contributed by atoms with Crippen LogP contribution in [0.1, 0.15) is 37.2 Å². The highest BCUT2D eigenvalue weighted by Gasteiger charge is 2.32. The first-order valence-electron chi connectivity index (χ1n) is 12.5. The minimum absolute atomic E-state index is 0.0618. The number of hydrogen-bond acceptors (Lipinski definition) is 8. The van der Waals surface area contributed by atoms with Gasteiger partial charge in [-0.25, -0.2) is 14.5 Å². The van der Waals surface area contributed by atoms with E-state index in [1.807, 2.05) is 13.8 Å². The van der Waals surface area contributed by atoms with Crippen LogP contribution in [0.15, 0.2) is 59.8 Å². The molecular formula is C26H29N9O3. The maximum Gasteiger partial charge on any atom is 0.279 e. The molecule has 38 heavy (non-hydrogen) atoms. The van der Waals surface area contributed by atoms with E-state index in [4.69, 9.17) is 0 Å². The Balaban J connectivity index is 1.45. The zero-order valence-corrected chi connectivity index (χ0v) is 21.4. The van der Waals surface area contributed by atoms with Gasteiger partial charge in [0, 0.05) is 38.1 Å². The fourth-order valence-electron chi connectivity index (χ4n) is 4.55. The number of fused-ring (bicyclic) bond motifs is 1. The molecule has 0 radical (unpaired) electrons. The Morgan fingerprint density at radius 1 is 1.11 bits per heavy atom. The molecule has 1 atom stereocenters. The largest absolute Gasteiger partial charge is 0.385 e. The van der Waals surface area contributed by atoms with Crippen LogP contribution in [0.25, 0.3) is 11.5 Å². The second-order valence-electron chi connectivity index (χ2n) is 9.28. The Morgan fingerprint density at radius 2 is 1.95 bits per heavy atom. The van der Waals surface area contributed by atoms with Crippen molar-refractivity contribution in [1.82, 2.24) is 34.4 Å². The number of imidazole rings is 1. The Bertz CT molecular complexity index is 1540. The number of piperidine rings is 1. The third kappa shape index (κ3) is 4.67. The third-order valence-corrected chi connectivity index (χ3v) is 6.48. The van der Waals surface area contributed by atoms with Crippen molar-refractivity contribution >= 4 is 34.7 Å². The van der Waals surface area contributed by atoms with Gasteiger partial charge in [0.2, 0.25) is 5.91 Å². The van der Waals surface area contributed by atoms with E-state index in [1.54, 1.807) is 60.7 Å². The Kier molecular flexibility index (Phi) is 6.77. The molecule has 12 nitrogen and oxygen atoms in total. The van der Waals surface area contributed by atoms with Crippen molar-refractivity contribution in [2.24, 2.45) is 0 Å². The Hall–Kier alpha value is -4.74. The van der Waals surface area contributed by atoms with Crippen molar-refractivity contribution < 1.29 is 9.59 Å². The average Bonchev–Trinajstić information content (AvgIpc) is 3.35. The van der Waals surface area contributed by atoms with Crippen LogP contribution in [0, 0.1) is 0 Å². The Labute approximate surface area is 218 Å². The fourth-order valence-corrected chi connectivity index (χ4v) is 4.55. The number of nitrogens with one attached hydrogen (secondary N) is 3. The standard InChI is InChI=1S/C26H29N9O3/c1-16(2)33-12-6-9-18(25(33)37)31-24(36)20-15-29-23-19(27-3)14-21(32-35(20)23)30-17-8-7-13-34(26(17)38)22-10-4-5-11-28-22/h4-5,7-8,10-11,13-16,18,27H,6,9,12H2,1-3H3,(H,30,32)(H,31,36)/t18-/m1/s1. The van der Waals surface area contributed by atoms with Gasteiger partial charge in [0.25, 0.3) is 11.5 Å². The lowest BCUT2D eigenvalue weighted by Gasteiger charge is -2.35. The molecule has 3 N–H and O–H groups in total. The summed E-state index contributed by atoms with van der Waals surface area (Å²) in [6.07, 6.45) is 6.06. The second-order valence-corrected chi connectivity index (χ2v) is 9.28. The van der Waals surface area contributed by atoms with Gasteiger partial charge in [-0.3, -0.25) is 19.0 Å². The zero-order valence-electron chi connectivity index (χ0n) is 21.4. The normalized spacial score (nSPS) is 15.6. The zero-order chi connectivity index (χ0) is 26.8. The van der Waals surface area contributed by atoms with E-state index >= 15 is 0 Å². The number of amides is 2. The molecule has 5 rings (SSSR count). The first kappa shape index (κ1) is 24.9. The molecule has 4 aromatic heterocycles. The first-order valence-corrected chi connectivity index (χ1v) is 12.5. The van der Waals surface area contributed by atoms with Gasteiger partial charge in [-0.2, -0.15) is 0 Å². The SMILES string of the molecule is CNc1cc(Nc2cccn(-c3ccccn3)c2=O)nn2c(C(=O)N[C@@H]3CCCN(C(C)C)C3=O)cnc12. The molecule has 0 bridgehead atoms. The molecule has 5 heterocycles. The predicted molar refractivity (Wildman–Crippen MR) is 143 cm³/mol. The molecule has 1 fully saturated rings. The number of rotatable bonds is 7. The van der Waals surface area contributed by atoms with Gasteiger partial charge < -0.3 is 20.9 Å². The number of likely N-dealkylation sites (tertiary alicyclic amines) is 1. The van der Waals surface area contributed by atoms with Crippen LogP contribution in [0.3, 0.4) is 0 Å². The molecule has 12 heteroatoms. The molecule has 0 aromatic carbocycles. The lowest BCUT2D eigenvalue weighted by Crippen LogP contribution is -2.54. The van der Waals surface area contributed by atoms with Crippen molar-refractivity contribution in [2.45, 2.75) is 38.8 Å². The van der Waals surface area contributed by atoms with Crippen LogP contribution in [0.4, 0.5) is 17.2 Å². The van der Waals surface area contributed by atoms with E-state index in [1.165, 1.54) is 15.3 Å². The summed E-state index contributed by atoms with van der Waals surface area (Å²) in [5.41, 5.74) is 1.17. The highest BCUT2D eigenvalue weighted by Crippen LogP contribution is 2.22.